The minimum Gasteiger partial charge on any atom is -0.163 e. The molecule has 0 unspecified atom stereocenters. The molecule has 0 aliphatic carbocycles. The quantitative estimate of drug-likeness (QED) is 0.778. The van der Waals surface area contributed by atoms with E-state index in [-0.39, 0.29) is 5.92 Å². The first-order chi connectivity index (χ1) is 9.16. The van der Waals surface area contributed by atoms with Gasteiger partial charge in [-0.25, -0.2) is 0 Å². The zero-order valence-electron chi connectivity index (χ0n) is 10.7. The summed E-state index contributed by atoms with van der Waals surface area (Å²) in [6, 6.07) is 4.17. The summed E-state index contributed by atoms with van der Waals surface area (Å²) in [5, 5.41) is 16.6. The topological polar surface area (TPSA) is 50.5 Å². The van der Waals surface area contributed by atoms with Crippen molar-refractivity contribution < 1.29 is 0 Å². The first-order valence-corrected chi connectivity index (χ1v) is 6.74. The van der Waals surface area contributed by atoms with Crippen LogP contribution in [0.3, 0.4) is 0 Å². The molecule has 1 aromatic heterocycles. The Kier molecular flexibility index (Phi) is 3.02. The van der Waals surface area contributed by atoms with Crippen LogP contribution in [0.2, 0.25) is 0 Å². The third-order valence-electron chi connectivity index (χ3n) is 3.38. The molecule has 1 aromatic carbocycles. The van der Waals surface area contributed by atoms with Crippen molar-refractivity contribution >= 4 is 36.5 Å². The van der Waals surface area contributed by atoms with E-state index in [9.17, 15) is 0 Å². The summed E-state index contributed by atoms with van der Waals surface area (Å²) in [7, 11) is 5.64. The number of hydrogen-bond acceptors (Lipinski definition) is 5. The van der Waals surface area contributed by atoms with Crippen LogP contribution >= 0.6 is 11.3 Å². The third-order valence-corrected chi connectivity index (χ3v) is 4.17. The molecular formula is C13H11BN4S. The van der Waals surface area contributed by atoms with E-state index in [2.05, 4.69) is 46.4 Å². The first-order valence-electron chi connectivity index (χ1n) is 5.93. The Morgan fingerprint density at radius 3 is 2.42 bits per heavy atom. The van der Waals surface area contributed by atoms with E-state index in [1.807, 2.05) is 12.4 Å². The Balaban J connectivity index is 2.08. The average molecular weight is 266 g/mol. The molecule has 6 heteroatoms. The zero-order chi connectivity index (χ0) is 13.4. The van der Waals surface area contributed by atoms with Gasteiger partial charge in [-0.05, 0) is 30.5 Å². The van der Waals surface area contributed by atoms with E-state index in [1.54, 1.807) is 0 Å². The van der Waals surface area contributed by atoms with Gasteiger partial charge in [-0.2, -0.15) is 15.3 Å². The summed E-state index contributed by atoms with van der Waals surface area (Å²) in [5.41, 5.74) is 4.74. The molecule has 0 atom stereocenters. The molecule has 1 aliphatic rings. The monoisotopic (exact) mass is 266 g/mol. The second-order valence-electron chi connectivity index (χ2n) is 4.45. The van der Waals surface area contributed by atoms with Crippen LogP contribution in [0.15, 0.2) is 22.3 Å². The lowest BCUT2D eigenvalue weighted by Gasteiger charge is -2.13. The van der Waals surface area contributed by atoms with Crippen molar-refractivity contribution in [3.05, 3.63) is 28.8 Å². The molecule has 0 saturated heterocycles. The van der Waals surface area contributed by atoms with Crippen LogP contribution in [0.25, 0.3) is 10.6 Å². The summed E-state index contributed by atoms with van der Waals surface area (Å²) in [6.07, 6.45) is 3.70. The number of rotatable bonds is 2. The van der Waals surface area contributed by atoms with Gasteiger partial charge in [0.15, 0.2) is 7.85 Å². The average Bonchev–Trinajstić information content (AvgIpc) is 3.04. The van der Waals surface area contributed by atoms with Gasteiger partial charge in [0.2, 0.25) is 0 Å². The summed E-state index contributed by atoms with van der Waals surface area (Å²) >= 11 is 1.40. The highest BCUT2D eigenvalue weighted by molar-refractivity contribution is 7.22. The maximum Gasteiger partial charge on any atom is 0.159 e. The lowest BCUT2D eigenvalue weighted by atomic mass is 9.91. The lowest BCUT2D eigenvalue weighted by molar-refractivity contribution is 1.11. The molecule has 4 nitrogen and oxygen atoms in total. The second-order valence-corrected chi connectivity index (χ2v) is 5.46. The van der Waals surface area contributed by atoms with Gasteiger partial charge in [-0.3, -0.25) is 0 Å². The highest BCUT2D eigenvalue weighted by Crippen LogP contribution is 2.30. The molecule has 19 heavy (non-hydrogen) atoms. The van der Waals surface area contributed by atoms with Crippen molar-refractivity contribution in [3.63, 3.8) is 0 Å². The van der Waals surface area contributed by atoms with Crippen molar-refractivity contribution in [2.24, 2.45) is 10.2 Å². The fourth-order valence-electron chi connectivity index (χ4n) is 2.20. The Hall–Kier alpha value is -1.82. The van der Waals surface area contributed by atoms with Gasteiger partial charge in [0.25, 0.3) is 0 Å². The van der Waals surface area contributed by atoms with Crippen molar-refractivity contribution in [2.45, 2.75) is 19.8 Å². The van der Waals surface area contributed by atoms with E-state index in [1.165, 1.54) is 28.0 Å². The van der Waals surface area contributed by atoms with Crippen LogP contribution in [0.5, 0.6) is 0 Å². The zero-order valence-corrected chi connectivity index (χ0v) is 11.5. The fraction of sp³-hybridized carbons (Fsp3) is 0.231. The van der Waals surface area contributed by atoms with Gasteiger partial charge in [-0.15, -0.1) is 16.4 Å². The van der Waals surface area contributed by atoms with E-state index in [4.69, 9.17) is 7.85 Å². The van der Waals surface area contributed by atoms with Crippen LogP contribution in [0.1, 0.15) is 22.6 Å². The molecule has 2 radical (unpaired) electrons. The lowest BCUT2D eigenvalue weighted by Crippen LogP contribution is -2.03. The van der Waals surface area contributed by atoms with Gasteiger partial charge in [0.1, 0.15) is 5.01 Å². The molecule has 0 saturated carbocycles. The van der Waals surface area contributed by atoms with Crippen LogP contribution in [0.4, 0.5) is 0 Å². The SMILES string of the molecule is [B]c1nnc(-c2ccc(C3C=NN=C3)c(C)c2C)s1. The molecular weight excluding hydrogens is 255 g/mol. The van der Waals surface area contributed by atoms with Crippen molar-refractivity contribution in [3.8, 4) is 10.6 Å². The van der Waals surface area contributed by atoms with E-state index < -0.39 is 0 Å². The summed E-state index contributed by atoms with van der Waals surface area (Å²) in [5.74, 6) is 0.173. The van der Waals surface area contributed by atoms with E-state index in [0.29, 0.717) is 4.91 Å². The van der Waals surface area contributed by atoms with Crippen molar-refractivity contribution in [1.82, 2.24) is 10.2 Å². The van der Waals surface area contributed by atoms with Crippen LogP contribution in [-0.2, 0) is 0 Å². The maximum absolute atomic E-state index is 5.64. The Bertz CT molecular complexity index is 678. The summed E-state index contributed by atoms with van der Waals surface area (Å²) in [4.78, 5) is 0.492. The molecule has 0 fully saturated rings. The summed E-state index contributed by atoms with van der Waals surface area (Å²) in [6.45, 7) is 4.20. The molecule has 2 heterocycles. The molecule has 0 amide bonds. The summed E-state index contributed by atoms with van der Waals surface area (Å²) < 4.78 is 0. The second kappa shape index (κ2) is 4.70. The fourth-order valence-corrected chi connectivity index (χ4v) is 2.89. The van der Waals surface area contributed by atoms with Crippen molar-refractivity contribution in [1.29, 1.82) is 0 Å². The first kappa shape index (κ1) is 12.2. The van der Waals surface area contributed by atoms with Gasteiger partial charge >= 0.3 is 0 Å². The number of nitrogens with zero attached hydrogens (tertiary/aromatic N) is 4. The highest BCUT2D eigenvalue weighted by Gasteiger charge is 2.17. The Labute approximate surface area is 116 Å². The minimum atomic E-state index is 0.173. The molecule has 92 valence electrons. The highest BCUT2D eigenvalue weighted by atomic mass is 32.1. The number of hydrogen-bond donors (Lipinski definition) is 0. The maximum atomic E-state index is 5.64. The normalized spacial score (nSPS) is 14.4. The molecule has 0 bridgehead atoms. The van der Waals surface area contributed by atoms with Gasteiger partial charge in [-0.1, -0.05) is 12.1 Å². The van der Waals surface area contributed by atoms with Crippen LogP contribution < -0.4 is 4.91 Å². The third kappa shape index (κ3) is 2.12. The standard InChI is InChI=1S/C13H11BN4S/c1-7-8(2)11(12-17-18-13(14)19-12)4-3-10(7)9-5-15-16-6-9/h3-6,9H,1-2H3. The number of benzene rings is 1. The van der Waals surface area contributed by atoms with Gasteiger partial charge in [0.05, 0.1) is 10.8 Å². The van der Waals surface area contributed by atoms with Crippen LogP contribution in [0, 0.1) is 13.8 Å². The largest absolute Gasteiger partial charge is 0.163 e. The van der Waals surface area contributed by atoms with Crippen molar-refractivity contribution in [2.75, 3.05) is 0 Å². The molecule has 0 N–H and O–H groups in total. The Morgan fingerprint density at radius 1 is 1.05 bits per heavy atom. The predicted molar refractivity (Wildman–Crippen MR) is 79.9 cm³/mol. The molecule has 3 rings (SSSR count). The minimum absolute atomic E-state index is 0.173. The molecule has 2 aromatic rings. The van der Waals surface area contributed by atoms with Gasteiger partial charge < -0.3 is 0 Å². The van der Waals surface area contributed by atoms with Crippen LogP contribution in [-0.4, -0.2) is 30.5 Å². The number of aromatic nitrogens is 2. The van der Waals surface area contributed by atoms with E-state index in [0.717, 1.165) is 10.6 Å². The van der Waals surface area contributed by atoms with Gasteiger partial charge in [0, 0.05) is 18.0 Å². The molecule has 0 spiro atoms. The van der Waals surface area contributed by atoms with E-state index >= 15 is 0 Å². The molecule has 1 aliphatic heterocycles. The Morgan fingerprint density at radius 2 is 1.79 bits per heavy atom. The smallest absolute Gasteiger partial charge is 0.159 e. The predicted octanol–water partition coefficient (Wildman–Crippen LogP) is 1.77.